The lowest BCUT2D eigenvalue weighted by Gasteiger charge is -2.37. The molecule has 4 heterocycles. The lowest BCUT2D eigenvalue weighted by molar-refractivity contribution is 0.545. The SMILES string of the molecule is Fc1c(N2CCCCC2)nc(N2CCCCC2)c(Cl)c1N1c2ccccc2Sc2ccc(Cl)cc21. The van der Waals surface area contributed by atoms with Gasteiger partial charge in [-0.3, -0.25) is 0 Å². The summed E-state index contributed by atoms with van der Waals surface area (Å²) in [4.78, 5) is 13.2. The van der Waals surface area contributed by atoms with E-state index < -0.39 is 0 Å². The van der Waals surface area contributed by atoms with Crippen molar-refractivity contribution >= 4 is 63.7 Å². The van der Waals surface area contributed by atoms with Crippen LogP contribution in [0.5, 0.6) is 0 Å². The number of para-hydroxylation sites is 1. The van der Waals surface area contributed by atoms with Crippen LogP contribution in [-0.4, -0.2) is 31.2 Å². The number of benzene rings is 2. The van der Waals surface area contributed by atoms with E-state index in [2.05, 4.69) is 15.9 Å². The molecule has 6 rings (SSSR count). The Bertz CT molecular complexity index is 1220. The number of rotatable bonds is 3. The molecule has 0 amide bonds. The minimum atomic E-state index is -0.370. The quantitative estimate of drug-likeness (QED) is 0.265. The summed E-state index contributed by atoms with van der Waals surface area (Å²) in [7, 11) is 0. The van der Waals surface area contributed by atoms with Gasteiger partial charge < -0.3 is 14.7 Å². The largest absolute Gasteiger partial charge is 0.355 e. The third-order valence-corrected chi connectivity index (χ3v) is 8.76. The summed E-state index contributed by atoms with van der Waals surface area (Å²) in [6.45, 7) is 3.37. The summed E-state index contributed by atoms with van der Waals surface area (Å²) in [6, 6.07) is 13.8. The maximum absolute atomic E-state index is 16.6. The van der Waals surface area contributed by atoms with Gasteiger partial charge in [0, 0.05) is 41.0 Å². The molecule has 2 fully saturated rings. The van der Waals surface area contributed by atoms with Crippen LogP contribution in [0.2, 0.25) is 10.0 Å². The summed E-state index contributed by atoms with van der Waals surface area (Å²) in [5.74, 6) is 0.719. The second kappa shape index (κ2) is 9.72. The first kappa shape index (κ1) is 23.3. The van der Waals surface area contributed by atoms with Crippen LogP contribution >= 0.6 is 35.0 Å². The van der Waals surface area contributed by atoms with Crippen LogP contribution in [0.25, 0.3) is 0 Å². The highest BCUT2D eigenvalue weighted by Crippen LogP contribution is 2.55. The van der Waals surface area contributed by atoms with Gasteiger partial charge in [0.2, 0.25) is 0 Å². The fraction of sp³-hybridized carbons (Fsp3) is 0.370. The molecule has 0 bridgehead atoms. The molecule has 3 aliphatic rings. The van der Waals surface area contributed by atoms with E-state index in [1.54, 1.807) is 11.8 Å². The van der Waals surface area contributed by atoms with Gasteiger partial charge in [0.05, 0.1) is 11.4 Å². The molecule has 3 aromatic rings. The molecular weight excluding hydrogens is 502 g/mol. The van der Waals surface area contributed by atoms with Crippen LogP contribution in [0.4, 0.5) is 33.1 Å². The molecule has 3 aliphatic heterocycles. The molecule has 2 aromatic carbocycles. The molecule has 35 heavy (non-hydrogen) atoms. The highest BCUT2D eigenvalue weighted by Gasteiger charge is 2.34. The topological polar surface area (TPSA) is 22.6 Å². The van der Waals surface area contributed by atoms with Crippen molar-refractivity contribution in [3.8, 4) is 0 Å². The van der Waals surface area contributed by atoms with Gasteiger partial charge in [-0.15, -0.1) is 0 Å². The average Bonchev–Trinajstić information content (AvgIpc) is 2.89. The Labute approximate surface area is 220 Å². The number of aromatic nitrogens is 1. The van der Waals surface area contributed by atoms with Crippen LogP contribution in [0.15, 0.2) is 52.3 Å². The summed E-state index contributed by atoms with van der Waals surface area (Å²) in [5.41, 5.74) is 2.09. The Kier molecular flexibility index (Phi) is 6.46. The Hall–Kier alpha value is -2.15. The molecule has 4 nitrogen and oxygen atoms in total. The van der Waals surface area contributed by atoms with Crippen LogP contribution in [0, 0.1) is 5.82 Å². The zero-order valence-electron chi connectivity index (χ0n) is 19.4. The summed E-state index contributed by atoms with van der Waals surface area (Å²) >= 11 is 15.2. The molecule has 0 spiro atoms. The van der Waals surface area contributed by atoms with E-state index in [4.69, 9.17) is 28.2 Å². The monoisotopic (exact) mass is 528 g/mol. The maximum atomic E-state index is 16.6. The van der Waals surface area contributed by atoms with Crippen LogP contribution in [-0.2, 0) is 0 Å². The first-order valence-electron chi connectivity index (χ1n) is 12.4. The highest BCUT2D eigenvalue weighted by molar-refractivity contribution is 7.99. The van der Waals surface area contributed by atoms with Crippen molar-refractivity contribution in [3.63, 3.8) is 0 Å². The van der Waals surface area contributed by atoms with Gasteiger partial charge in [-0.2, -0.15) is 0 Å². The van der Waals surface area contributed by atoms with E-state index >= 15 is 4.39 Å². The second-order valence-corrected chi connectivity index (χ2v) is 11.2. The molecule has 8 heteroatoms. The molecule has 0 N–H and O–H groups in total. The fourth-order valence-corrected chi connectivity index (χ4v) is 6.84. The van der Waals surface area contributed by atoms with E-state index in [0.717, 1.165) is 73.0 Å². The Morgan fingerprint density at radius 1 is 0.743 bits per heavy atom. The van der Waals surface area contributed by atoms with E-state index in [-0.39, 0.29) is 5.82 Å². The van der Waals surface area contributed by atoms with Crippen LogP contribution in [0.1, 0.15) is 38.5 Å². The first-order chi connectivity index (χ1) is 17.1. The van der Waals surface area contributed by atoms with E-state index in [0.29, 0.717) is 27.4 Å². The van der Waals surface area contributed by atoms with Gasteiger partial charge in [-0.25, -0.2) is 9.37 Å². The molecule has 1 aromatic heterocycles. The number of anilines is 5. The van der Waals surface area contributed by atoms with E-state index in [1.165, 1.54) is 12.8 Å². The number of pyridine rings is 1. The number of hydrogen-bond donors (Lipinski definition) is 0. The zero-order chi connectivity index (χ0) is 23.9. The molecule has 2 saturated heterocycles. The van der Waals surface area contributed by atoms with Gasteiger partial charge >= 0.3 is 0 Å². The smallest absolute Gasteiger partial charge is 0.191 e. The number of fused-ring (bicyclic) bond motifs is 2. The minimum absolute atomic E-state index is 0.359. The van der Waals surface area contributed by atoms with Gasteiger partial charge in [0.15, 0.2) is 17.5 Å². The summed E-state index contributed by atoms with van der Waals surface area (Å²) in [6.07, 6.45) is 6.63. The van der Waals surface area contributed by atoms with Crippen LogP contribution in [0.3, 0.4) is 0 Å². The summed E-state index contributed by atoms with van der Waals surface area (Å²) in [5, 5.41) is 0.963. The predicted octanol–water partition coefficient (Wildman–Crippen LogP) is 8.44. The molecule has 0 unspecified atom stereocenters. The Morgan fingerprint density at radius 2 is 1.37 bits per heavy atom. The van der Waals surface area contributed by atoms with Crippen molar-refractivity contribution in [3.05, 3.63) is 58.3 Å². The average molecular weight is 530 g/mol. The van der Waals surface area contributed by atoms with Crippen molar-refractivity contribution in [1.29, 1.82) is 0 Å². The lowest BCUT2D eigenvalue weighted by Crippen LogP contribution is -2.34. The minimum Gasteiger partial charge on any atom is -0.355 e. The number of halogens is 3. The van der Waals surface area contributed by atoms with E-state index in [1.807, 2.05) is 41.3 Å². The lowest BCUT2D eigenvalue weighted by atomic mass is 10.1. The van der Waals surface area contributed by atoms with Gasteiger partial charge in [0.25, 0.3) is 0 Å². The third kappa shape index (κ3) is 4.24. The maximum Gasteiger partial charge on any atom is 0.191 e. The van der Waals surface area contributed by atoms with Gasteiger partial charge in [0.1, 0.15) is 10.7 Å². The molecule has 0 radical (unpaired) electrons. The number of nitrogens with zero attached hydrogens (tertiary/aromatic N) is 4. The molecule has 0 saturated carbocycles. The standard InChI is InChI=1S/C27H27Cl2FN4S/c28-18-11-12-22-20(17-18)34(19-9-3-4-10-21(19)35-22)25-23(29)26(32-13-5-1-6-14-32)31-27(24(25)30)33-15-7-2-8-16-33/h3-4,9-12,17H,1-2,5-8,13-16H2. The fourth-order valence-electron chi connectivity index (χ4n) is 5.30. The molecule has 182 valence electrons. The number of hydrogen-bond acceptors (Lipinski definition) is 5. The van der Waals surface area contributed by atoms with Crippen molar-refractivity contribution < 1.29 is 4.39 Å². The number of piperidine rings is 2. The van der Waals surface area contributed by atoms with Crippen LogP contribution < -0.4 is 14.7 Å². The van der Waals surface area contributed by atoms with Gasteiger partial charge in [-0.1, -0.05) is 47.1 Å². The van der Waals surface area contributed by atoms with Crippen molar-refractivity contribution in [1.82, 2.24) is 4.98 Å². The van der Waals surface area contributed by atoms with Crippen molar-refractivity contribution in [2.75, 3.05) is 40.9 Å². The van der Waals surface area contributed by atoms with E-state index in [9.17, 15) is 0 Å². The van der Waals surface area contributed by atoms with Gasteiger partial charge in [-0.05, 0) is 68.9 Å². The Balaban J connectivity index is 1.60. The Morgan fingerprint density at radius 3 is 2.09 bits per heavy atom. The normalized spacial score (nSPS) is 17.9. The van der Waals surface area contributed by atoms with Crippen molar-refractivity contribution in [2.45, 2.75) is 48.3 Å². The zero-order valence-corrected chi connectivity index (χ0v) is 21.8. The third-order valence-electron chi connectivity index (χ3n) is 7.04. The van der Waals surface area contributed by atoms with Crippen molar-refractivity contribution in [2.24, 2.45) is 0 Å². The molecular formula is C27H27Cl2FN4S. The highest BCUT2D eigenvalue weighted by atomic mass is 35.5. The predicted molar refractivity (Wildman–Crippen MR) is 145 cm³/mol. The second-order valence-electron chi connectivity index (χ2n) is 9.35. The molecule has 0 atom stereocenters. The summed E-state index contributed by atoms with van der Waals surface area (Å²) < 4.78 is 16.6. The first-order valence-corrected chi connectivity index (χ1v) is 13.9. The molecule has 0 aliphatic carbocycles.